The molecule has 2 N–H and O–H groups in total. The van der Waals surface area contributed by atoms with E-state index in [0.717, 1.165) is 56.2 Å². The Morgan fingerprint density at radius 3 is 2.77 bits per heavy atom. The third-order valence-electron chi connectivity index (χ3n) is 6.01. The number of hydrogen-bond acceptors (Lipinski definition) is 9. The van der Waals surface area contributed by atoms with Crippen LogP contribution in [0.1, 0.15) is 29.4 Å². The number of anilines is 2. The van der Waals surface area contributed by atoms with Crippen LogP contribution in [-0.2, 0) is 19.5 Å². The molecule has 0 bridgehead atoms. The second-order valence-corrected chi connectivity index (χ2v) is 10.3. The van der Waals surface area contributed by atoms with E-state index in [1.54, 1.807) is 0 Å². The van der Waals surface area contributed by atoms with Gasteiger partial charge in [0, 0.05) is 29.4 Å². The highest BCUT2D eigenvalue weighted by Gasteiger charge is 2.23. The van der Waals surface area contributed by atoms with E-state index >= 15 is 0 Å². The van der Waals surface area contributed by atoms with Crippen LogP contribution in [0.4, 0.5) is 10.9 Å². The Bertz CT molecular complexity index is 1400. The normalized spacial score (nSPS) is 13.7. The Balaban J connectivity index is 1.55. The number of nitrogens with zero attached hydrogens (tertiary/aromatic N) is 6. The van der Waals surface area contributed by atoms with Crippen molar-refractivity contribution in [1.29, 1.82) is 0 Å². The summed E-state index contributed by atoms with van der Waals surface area (Å²) in [6, 6.07) is 6.36. The number of aromatic nitrogens is 4. The molecule has 4 aromatic rings. The van der Waals surface area contributed by atoms with Crippen LogP contribution in [0.2, 0.25) is 5.15 Å². The van der Waals surface area contributed by atoms with E-state index in [4.69, 9.17) is 27.1 Å². The number of aryl methyl sites for hydroxylation is 1. The molecule has 0 spiro atoms. The molecule has 1 aromatic carbocycles. The second-order valence-electron chi connectivity index (χ2n) is 8.98. The molecular formula is C25H28ClN7OS. The number of thiazole rings is 1. The van der Waals surface area contributed by atoms with Gasteiger partial charge in [-0.05, 0) is 56.8 Å². The number of hydrogen-bond donors (Lipinski definition) is 1. The second kappa shape index (κ2) is 9.56. The van der Waals surface area contributed by atoms with Crippen LogP contribution < -0.4 is 15.4 Å². The summed E-state index contributed by atoms with van der Waals surface area (Å²) in [6.45, 7) is 6.71. The van der Waals surface area contributed by atoms with Crippen LogP contribution >= 0.6 is 22.9 Å². The van der Waals surface area contributed by atoms with Gasteiger partial charge in [-0.2, -0.15) is 0 Å². The number of pyridine rings is 1. The zero-order chi connectivity index (χ0) is 24.7. The maximum absolute atomic E-state index is 6.61. The summed E-state index contributed by atoms with van der Waals surface area (Å²) < 4.78 is 6.22. The largest absolute Gasteiger partial charge is 0.491 e. The first-order valence-electron chi connectivity index (χ1n) is 11.6. The fourth-order valence-electron chi connectivity index (χ4n) is 4.47. The zero-order valence-electron chi connectivity index (χ0n) is 20.3. The summed E-state index contributed by atoms with van der Waals surface area (Å²) >= 11 is 8.00. The van der Waals surface area contributed by atoms with Crippen molar-refractivity contribution in [3.63, 3.8) is 0 Å². The molecular weight excluding hydrogens is 482 g/mol. The summed E-state index contributed by atoms with van der Waals surface area (Å²) in [5.74, 6) is 2.52. The molecule has 1 aliphatic heterocycles. The van der Waals surface area contributed by atoms with Crippen molar-refractivity contribution in [2.24, 2.45) is 0 Å². The fraction of sp³-hybridized carbons (Fsp3) is 0.360. The van der Waals surface area contributed by atoms with Crippen LogP contribution in [0.3, 0.4) is 0 Å². The van der Waals surface area contributed by atoms with Gasteiger partial charge in [0.05, 0.1) is 13.1 Å². The van der Waals surface area contributed by atoms with Crippen molar-refractivity contribution in [2.45, 2.75) is 33.4 Å². The van der Waals surface area contributed by atoms with Gasteiger partial charge in [-0.3, -0.25) is 0 Å². The Hall–Kier alpha value is -3.01. The summed E-state index contributed by atoms with van der Waals surface area (Å²) in [6.07, 6.45) is 2.63. The molecule has 0 saturated carbocycles. The Kier molecular flexibility index (Phi) is 6.48. The highest BCUT2D eigenvalue weighted by atomic mass is 35.5. The van der Waals surface area contributed by atoms with Crippen LogP contribution in [0.15, 0.2) is 24.4 Å². The lowest BCUT2D eigenvalue weighted by Gasteiger charge is -2.25. The lowest BCUT2D eigenvalue weighted by Crippen LogP contribution is -2.28. The SMILES string of the molecule is CCc1c(Cl)nc(CN(C)C)nc1N1CCOc2c(C)cc(-c3cnc4sc(N)nc4c3)cc2C1. The first kappa shape index (κ1) is 23.7. The van der Waals surface area contributed by atoms with Crippen LogP contribution in [-0.4, -0.2) is 52.1 Å². The quantitative estimate of drug-likeness (QED) is 0.386. The average Bonchev–Trinajstić information content (AvgIpc) is 3.03. The molecule has 5 rings (SSSR count). The number of nitrogen functional groups attached to an aromatic ring is 1. The van der Waals surface area contributed by atoms with Gasteiger partial charge in [0.15, 0.2) is 5.13 Å². The summed E-state index contributed by atoms with van der Waals surface area (Å²) in [5, 5.41) is 1.04. The predicted octanol–water partition coefficient (Wildman–Crippen LogP) is 4.72. The highest BCUT2D eigenvalue weighted by Crippen LogP contribution is 2.36. The first-order chi connectivity index (χ1) is 16.8. The molecule has 8 nitrogen and oxygen atoms in total. The maximum atomic E-state index is 6.61. The first-order valence-corrected chi connectivity index (χ1v) is 12.8. The Morgan fingerprint density at radius 1 is 1.17 bits per heavy atom. The van der Waals surface area contributed by atoms with Crippen molar-refractivity contribution in [3.8, 4) is 16.9 Å². The van der Waals surface area contributed by atoms with E-state index in [1.165, 1.54) is 11.3 Å². The van der Waals surface area contributed by atoms with Crippen LogP contribution in [0.25, 0.3) is 21.5 Å². The van der Waals surface area contributed by atoms with Crippen molar-refractivity contribution < 1.29 is 4.74 Å². The minimum absolute atomic E-state index is 0.520. The molecule has 35 heavy (non-hydrogen) atoms. The molecule has 0 unspecified atom stereocenters. The Morgan fingerprint density at radius 2 is 2.00 bits per heavy atom. The van der Waals surface area contributed by atoms with Gasteiger partial charge in [0.2, 0.25) is 0 Å². The standard InChI is InChI=1S/C25H28ClN7OS/c1-5-18-22(26)30-20(13-32(3)4)31-23(18)33-6-7-34-21-14(2)8-15(9-17(21)12-33)16-10-19-24(28-11-16)35-25(27)29-19/h8-11H,5-7,12-13H2,1-4H3,(H2,27,29). The Labute approximate surface area is 213 Å². The minimum Gasteiger partial charge on any atom is -0.491 e. The van der Waals surface area contributed by atoms with Gasteiger partial charge in [-0.25, -0.2) is 19.9 Å². The molecule has 1 aliphatic rings. The number of halogens is 1. The number of ether oxygens (including phenoxy) is 1. The van der Waals surface area contributed by atoms with Crippen molar-refractivity contribution in [1.82, 2.24) is 24.8 Å². The number of rotatable bonds is 5. The molecule has 0 atom stereocenters. The summed E-state index contributed by atoms with van der Waals surface area (Å²) in [4.78, 5) is 23.6. The topological polar surface area (TPSA) is 93.3 Å². The maximum Gasteiger partial charge on any atom is 0.182 e. The molecule has 4 heterocycles. The summed E-state index contributed by atoms with van der Waals surface area (Å²) in [7, 11) is 3.99. The average molecular weight is 510 g/mol. The number of fused-ring (bicyclic) bond motifs is 2. The fourth-order valence-corrected chi connectivity index (χ4v) is 5.44. The van der Waals surface area contributed by atoms with Crippen LogP contribution in [0, 0.1) is 6.92 Å². The van der Waals surface area contributed by atoms with E-state index in [0.29, 0.717) is 42.4 Å². The lowest BCUT2D eigenvalue weighted by atomic mass is 9.99. The zero-order valence-corrected chi connectivity index (χ0v) is 21.9. The van der Waals surface area contributed by atoms with Gasteiger partial charge in [0.1, 0.15) is 39.5 Å². The molecule has 10 heteroatoms. The predicted molar refractivity (Wildman–Crippen MR) is 142 cm³/mol. The third-order valence-corrected chi connectivity index (χ3v) is 7.13. The number of nitrogens with two attached hydrogens (primary N) is 1. The van der Waals surface area contributed by atoms with E-state index in [2.05, 4.69) is 45.8 Å². The van der Waals surface area contributed by atoms with Crippen molar-refractivity contribution >= 4 is 44.2 Å². The smallest absolute Gasteiger partial charge is 0.182 e. The third kappa shape index (κ3) is 4.76. The van der Waals surface area contributed by atoms with Crippen molar-refractivity contribution in [2.75, 3.05) is 37.9 Å². The van der Waals surface area contributed by atoms with E-state index in [1.807, 2.05) is 31.3 Å². The van der Waals surface area contributed by atoms with E-state index < -0.39 is 0 Å². The number of benzene rings is 1. The molecule has 0 amide bonds. The van der Waals surface area contributed by atoms with Crippen LogP contribution in [0.5, 0.6) is 5.75 Å². The van der Waals surface area contributed by atoms with E-state index in [-0.39, 0.29) is 0 Å². The highest BCUT2D eigenvalue weighted by molar-refractivity contribution is 7.21. The van der Waals surface area contributed by atoms with Gasteiger partial charge in [0.25, 0.3) is 0 Å². The molecule has 0 saturated heterocycles. The van der Waals surface area contributed by atoms with Crippen molar-refractivity contribution in [3.05, 3.63) is 52.1 Å². The minimum atomic E-state index is 0.520. The van der Waals surface area contributed by atoms with E-state index in [9.17, 15) is 0 Å². The molecule has 3 aromatic heterocycles. The lowest BCUT2D eigenvalue weighted by molar-refractivity contribution is 0.329. The molecule has 0 fully saturated rings. The summed E-state index contributed by atoms with van der Waals surface area (Å²) in [5.41, 5.74) is 11.9. The van der Waals surface area contributed by atoms with Gasteiger partial charge >= 0.3 is 0 Å². The van der Waals surface area contributed by atoms with Gasteiger partial charge < -0.3 is 20.3 Å². The molecule has 0 radical (unpaired) electrons. The molecule has 0 aliphatic carbocycles. The monoisotopic (exact) mass is 509 g/mol. The van der Waals surface area contributed by atoms with Gasteiger partial charge in [-0.15, -0.1) is 0 Å². The molecule has 182 valence electrons. The van der Waals surface area contributed by atoms with Gasteiger partial charge in [-0.1, -0.05) is 29.9 Å².